The molecule has 244 valence electrons. The molecular weight excluding hydrogens is 662 g/mol. The van der Waals surface area contributed by atoms with Gasteiger partial charge in [-0.3, -0.25) is 0 Å². The van der Waals surface area contributed by atoms with Gasteiger partial charge in [0, 0.05) is 52.6 Å². The molecule has 3 heterocycles. The molecule has 2 fully saturated rings. The molecule has 3 atom stereocenters. The molecule has 0 amide bonds. The Morgan fingerprint density at radius 1 is 0.956 bits per heavy atom. The van der Waals surface area contributed by atoms with E-state index in [-0.39, 0.29) is 6.61 Å². The summed E-state index contributed by atoms with van der Waals surface area (Å²) >= 11 is 4.07. The van der Waals surface area contributed by atoms with Crippen molar-refractivity contribution >= 4 is 43.5 Å². The SMILES string of the molecule is C[Si](C)(C)CCOCN(COCC[Si](C)(C)C)c1c(Br)c([C@H]2C[C@@H]3CC[C@@H](C3)C2)nc2c(-c3ccc(C#CCO)nc3)cnn12. The van der Waals surface area contributed by atoms with Gasteiger partial charge in [0.05, 0.1) is 16.4 Å². The van der Waals surface area contributed by atoms with Crippen molar-refractivity contribution in [3.05, 3.63) is 40.4 Å². The number of halogens is 1. The van der Waals surface area contributed by atoms with Crippen LogP contribution >= 0.6 is 15.9 Å². The number of anilines is 1. The van der Waals surface area contributed by atoms with Crippen molar-refractivity contribution in [2.24, 2.45) is 11.8 Å². The summed E-state index contributed by atoms with van der Waals surface area (Å²) in [6, 6.07) is 6.11. The number of rotatable bonds is 13. The highest BCUT2D eigenvalue weighted by Gasteiger charge is 2.37. The van der Waals surface area contributed by atoms with Gasteiger partial charge in [-0.25, -0.2) is 9.97 Å². The zero-order valence-corrected chi connectivity index (χ0v) is 31.5. The molecule has 0 aromatic carbocycles. The minimum Gasteiger partial charge on any atom is -0.384 e. The minimum absolute atomic E-state index is 0.190. The van der Waals surface area contributed by atoms with Gasteiger partial charge in [-0.2, -0.15) is 9.61 Å². The molecule has 45 heavy (non-hydrogen) atoms. The van der Waals surface area contributed by atoms with Crippen LogP contribution in [0.2, 0.25) is 51.4 Å². The highest BCUT2D eigenvalue weighted by molar-refractivity contribution is 9.10. The maximum absolute atomic E-state index is 9.08. The van der Waals surface area contributed by atoms with E-state index in [0.29, 0.717) is 25.1 Å². The second kappa shape index (κ2) is 14.8. The average molecular weight is 713 g/mol. The highest BCUT2D eigenvalue weighted by atomic mass is 79.9. The molecular formula is C34H50BrN5O3Si2. The number of hydrogen-bond acceptors (Lipinski definition) is 7. The van der Waals surface area contributed by atoms with Gasteiger partial charge in [0.2, 0.25) is 0 Å². The summed E-state index contributed by atoms with van der Waals surface area (Å²) in [4.78, 5) is 12.1. The summed E-state index contributed by atoms with van der Waals surface area (Å²) < 4.78 is 15.7. The van der Waals surface area contributed by atoms with Crippen LogP contribution < -0.4 is 4.90 Å². The van der Waals surface area contributed by atoms with Gasteiger partial charge in [0.15, 0.2) is 11.5 Å². The van der Waals surface area contributed by atoms with Crippen LogP contribution in [0.4, 0.5) is 5.82 Å². The second-order valence-electron chi connectivity index (χ2n) is 15.3. The third-order valence-corrected chi connectivity index (χ3v) is 13.2. The number of hydrogen-bond donors (Lipinski definition) is 1. The van der Waals surface area contributed by atoms with Crippen LogP contribution in [-0.2, 0) is 9.47 Å². The summed E-state index contributed by atoms with van der Waals surface area (Å²) in [7, 11) is -2.47. The van der Waals surface area contributed by atoms with Gasteiger partial charge >= 0.3 is 0 Å². The molecule has 2 aliphatic rings. The van der Waals surface area contributed by atoms with Crippen LogP contribution in [0, 0.1) is 23.7 Å². The zero-order valence-electron chi connectivity index (χ0n) is 27.9. The van der Waals surface area contributed by atoms with Crippen LogP contribution in [0.5, 0.6) is 0 Å². The Kier molecular flexibility index (Phi) is 11.3. The Morgan fingerprint density at radius 2 is 1.60 bits per heavy atom. The van der Waals surface area contributed by atoms with E-state index in [1.807, 2.05) is 29.0 Å². The Labute approximate surface area is 279 Å². The fourth-order valence-electron chi connectivity index (χ4n) is 6.48. The molecule has 2 saturated carbocycles. The summed E-state index contributed by atoms with van der Waals surface area (Å²) in [6.07, 6.45) is 10.1. The fraction of sp³-hybridized carbons (Fsp3) is 0.618. The first-order valence-corrected chi connectivity index (χ1v) is 24.7. The number of nitrogens with zero attached hydrogens (tertiary/aromatic N) is 5. The van der Waals surface area contributed by atoms with E-state index < -0.39 is 16.1 Å². The summed E-state index contributed by atoms with van der Waals surface area (Å²) in [5, 5.41) is 14.0. The van der Waals surface area contributed by atoms with E-state index in [2.05, 4.69) is 76.9 Å². The van der Waals surface area contributed by atoms with Crippen LogP contribution in [0.15, 0.2) is 29.0 Å². The molecule has 0 saturated heterocycles. The van der Waals surface area contributed by atoms with Gasteiger partial charge in [-0.05, 0) is 77.2 Å². The first-order valence-electron chi connectivity index (χ1n) is 16.5. The second-order valence-corrected chi connectivity index (χ2v) is 27.3. The van der Waals surface area contributed by atoms with Gasteiger partial charge < -0.3 is 19.5 Å². The number of aliphatic hydroxyl groups excluding tert-OH is 1. The van der Waals surface area contributed by atoms with Gasteiger partial charge in [0.25, 0.3) is 0 Å². The lowest BCUT2D eigenvalue weighted by molar-refractivity contribution is 0.0941. The maximum Gasteiger partial charge on any atom is 0.165 e. The predicted octanol–water partition coefficient (Wildman–Crippen LogP) is 7.62. The Balaban J connectivity index is 1.55. The molecule has 0 aliphatic heterocycles. The lowest BCUT2D eigenvalue weighted by atomic mass is 9.79. The molecule has 2 aliphatic carbocycles. The van der Waals surface area contributed by atoms with Crippen molar-refractivity contribution in [3.8, 4) is 23.0 Å². The van der Waals surface area contributed by atoms with E-state index in [9.17, 15) is 0 Å². The van der Waals surface area contributed by atoms with E-state index in [4.69, 9.17) is 24.7 Å². The predicted molar refractivity (Wildman–Crippen MR) is 191 cm³/mol. The standard InChI is InChI=1S/C34H50BrN5O3Si2/c1-44(2,3)16-14-42-23-39(24-43-15-17-45(4,5)6)34-31(35)32(28-19-25-9-10-26(18-25)20-28)38-33-30(22-37-40(33)34)27-11-12-29(36-21-27)8-7-13-41/h11-12,21-22,25-26,28,41H,9-10,13-20,23-24H2,1-6H3/t25-,26+,28+. The Morgan fingerprint density at radius 3 is 2.16 bits per heavy atom. The van der Waals surface area contributed by atoms with E-state index in [1.165, 1.54) is 32.1 Å². The third kappa shape index (κ3) is 9.05. The molecule has 0 spiro atoms. The molecule has 2 bridgehead atoms. The number of pyridine rings is 1. The molecule has 3 aromatic rings. The number of ether oxygens (including phenoxy) is 2. The van der Waals surface area contributed by atoms with Gasteiger partial charge in [0.1, 0.15) is 25.8 Å². The van der Waals surface area contributed by atoms with Crippen molar-refractivity contribution < 1.29 is 14.6 Å². The largest absolute Gasteiger partial charge is 0.384 e. The number of aliphatic hydroxyl groups is 1. The topological polar surface area (TPSA) is 85.0 Å². The first kappa shape index (κ1) is 34.3. The van der Waals surface area contributed by atoms with Gasteiger partial charge in [-0.15, -0.1) is 0 Å². The number of aromatic nitrogens is 4. The molecule has 0 unspecified atom stereocenters. The molecule has 1 N–H and O–H groups in total. The smallest absolute Gasteiger partial charge is 0.165 e. The summed E-state index contributed by atoms with van der Waals surface area (Å²) in [5.41, 5.74) is 4.41. The quantitative estimate of drug-likeness (QED) is 0.0845. The van der Waals surface area contributed by atoms with E-state index in [0.717, 1.165) is 69.9 Å². The molecule has 0 radical (unpaired) electrons. The number of fused-ring (bicyclic) bond motifs is 3. The van der Waals surface area contributed by atoms with Crippen LogP contribution in [-0.4, -0.2) is 74.1 Å². The average Bonchev–Trinajstić information content (AvgIpc) is 3.56. The molecule has 11 heteroatoms. The molecule has 5 rings (SSSR count). The monoisotopic (exact) mass is 711 g/mol. The Hall–Kier alpha value is -2.08. The molecule has 8 nitrogen and oxygen atoms in total. The van der Waals surface area contributed by atoms with Crippen molar-refractivity contribution in [1.82, 2.24) is 19.6 Å². The van der Waals surface area contributed by atoms with Crippen molar-refractivity contribution in [1.29, 1.82) is 0 Å². The zero-order chi connectivity index (χ0) is 32.2. The van der Waals surface area contributed by atoms with Gasteiger partial charge in [-0.1, -0.05) is 58.0 Å². The van der Waals surface area contributed by atoms with E-state index >= 15 is 0 Å². The first-order chi connectivity index (χ1) is 21.4. The lowest BCUT2D eigenvalue weighted by Crippen LogP contribution is -2.34. The summed E-state index contributed by atoms with van der Waals surface area (Å²) in [5.74, 6) is 8.46. The van der Waals surface area contributed by atoms with Crippen molar-refractivity contribution in [2.75, 3.05) is 38.2 Å². The normalized spacial score (nSPS) is 20.0. The van der Waals surface area contributed by atoms with Crippen LogP contribution in [0.1, 0.15) is 49.4 Å². The van der Waals surface area contributed by atoms with Crippen molar-refractivity contribution in [2.45, 2.75) is 89.4 Å². The van der Waals surface area contributed by atoms with Crippen LogP contribution in [0.25, 0.3) is 16.8 Å². The minimum atomic E-state index is -1.23. The van der Waals surface area contributed by atoms with E-state index in [1.54, 1.807) is 0 Å². The highest BCUT2D eigenvalue weighted by Crippen LogP contribution is 2.50. The Bertz CT molecular complexity index is 1470. The van der Waals surface area contributed by atoms with Crippen LogP contribution in [0.3, 0.4) is 0 Å². The molecule has 3 aromatic heterocycles. The third-order valence-electron chi connectivity index (χ3n) is 9.02. The maximum atomic E-state index is 9.08. The lowest BCUT2D eigenvalue weighted by Gasteiger charge is -2.31. The van der Waals surface area contributed by atoms with Crippen molar-refractivity contribution in [3.63, 3.8) is 0 Å². The summed E-state index contributed by atoms with van der Waals surface area (Å²) in [6.45, 7) is 16.4. The fourth-order valence-corrected chi connectivity index (χ4v) is 8.82.